The molecule has 0 bridgehead atoms. The van der Waals surface area contributed by atoms with Gasteiger partial charge in [-0.25, -0.2) is 9.37 Å². The van der Waals surface area contributed by atoms with Gasteiger partial charge in [-0.15, -0.1) is 13.2 Å². The molecule has 0 saturated heterocycles. The van der Waals surface area contributed by atoms with Crippen LogP contribution in [0.4, 0.5) is 35.0 Å². The fourth-order valence-electron chi connectivity index (χ4n) is 2.48. The smallest absolute Gasteiger partial charge is 0.406 e. The van der Waals surface area contributed by atoms with Crippen molar-refractivity contribution in [2.24, 2.45) is 0 Å². The van der Waals surface area contributed by atoms with Crippen molar-refractivity contribution in [2.45, 2.75) is 13.3 Å². The van der Waals surface area contributed by atoms with Gasteiger partial charge in [0.05, 0.1) is 11.4 Å². The average Bonchev–Trinajstić information content (AvgIpc) is 2.63. The first kappa shape index (κ1) is 20.8. The van der Waals surface area contributed by atoms with E-state index < -0.39 is 12.2 Å². The van der Waals surface area contributed by atoms with E-state index in [9.17, 15) is 17.6 Å². The molecule has 29 heavy (non-hydrogen) atoms. The monoisotopic (exact) mass is 470 g/mol. The standard InChI is InChI=1S/C19H15BrF4N4O/c1-2-25-18-27-16(11-4-3-5-13(8-11)29-19(22,23)24)10-17(28-18)26-15-7-6-12(21)9-14(15)20/h3-10H,2H2,1H3,(H2,25,26,27,28). The third kappa shape index (κ3) is 5.80. The number of aromatic nitrogens is 2. The largest absolute Gasteiger partial charge is 0.573 e. The summed E-state index contributed by atoms with van der Waals surface area (Å²) in [5.41, 5.74) is 1.35. The van der Waals surface area contributed by atoms with Crippen molar-refractivity contribution < 1.29 is 22.3 Å². The highest BCUT2D eigenvalue weighted by molar-refractivity contribution is 9.10. The minimum atomic E-state index is -4.79. The summed E-state index contributed by atoms with van der Waals surface area (Å²) >= 11 is 3.27. The number of ether oxygens (including phenoxy) is 1. The van der Waals surface area contributed by atoms with E-state index in [0.717, 1.165) is 0 Å². The van der Waals surface area contributed by atoms with Crippen LogP contribution in [0.3, 0.4) is 0 Å². The number of anilines is 3. The molecule has 0 amide bonds. The van der Waals surface area contributed by atoms with E-state index >= 15 is 0 Å². The van der Waals surface area contributed by atoms with Gasteiger partial charge in [-0.1, -0.05) is 12.1 Å². The third-order valence-corrected chi connectivity index (χ3v) is 4.27. The summed E-state index contributed by atoms with van der Waals surface area (Å²) in [6.45, 7) is 2.40. The van der Waals surface area contributed by atoms with Crippen LogP contribution in [-0.4, -0.2) is 22.9 Å². The molecule has 0 saturated carbocycles. The molecule has 0 unspecified atom stereocenters. The molecule has 0 fully saturated rings. The van der Waals surface area contributed by atoms with E-state index in [1.165, 1.54) is 36.4 Å². The Morgan fingerprint density at radius 2 is 1.86 bits per heavy atom. The number of nitrogens with zero attached hydrogens (tertiary/aromatic N) is 2. The van der Waals surface area contributed by atoms with Gasteiger partial charge in [-0.05, 0) is 53.2 Å². The number of nitrogens with one attached hydrogen (secondary N) is 2. The van der Waals surface area contributed by atoms with Crippen molar-refractivity contribution in [1.82, 2.24) is 9.97 Å². The molecular formula is C19H15BrF4N4O. The lowest BCUT2D eigenvalue weighted by Crippen LogP contribution is -2.17. The molecule has 152 valence electrons. The van der Waals surface area contributed by atoms with Gasteiger partial charge in [0.2, 0.25) is 5.95 Å². The van der Waals surface area contributed by atoms with Gasteiger partial charge in [-0.2, -0.15) is 4.98 Å². The van der Waals surface area contributed by atoms with E-state index in [0.29, 0.717) is 33.8 Å². The van der Waals surface area contributed by atoms with E-state index in [2.05, 4.69) is 41.3 Å². The van der Waals surface area contributed by atoms with E-state index in [4.69, 9.17) is 0 Å². The molecule has 2 aromatic carbocycles. The first-order valence-electron chi connectivity index (χ1n) is 8.44. The molecule has 0 spiro atoms. The highest BCUT2D eigenvalue weighted by atomic mass is 79.9. The van der Waals surface area contributed by atoms with Crippen LogP contribution in [0.15, 0.2) is 53.0 Å². The number of hydrogen-bond acceptors (Lipinski definition) is 5. The quantitative estimate of drug-likeness (QED) is 0.425. The van der Waals surface area contributed by atoms with Crippen LogP contribution in [0.5, 0.6) is 5.75 Å². The number of benzene rings is 2. The lowest BCUT2D eigenvalue weighted by Gasteiger charge is -2.13. The predicted octanol–water partition coefficient (Wildman–Crippen LogP) is 6.12. The summed E-state index contributed by atoms with van der Waals surface area (Å²) in [4.78, 5) is 8.67. The maximum Gasteiger partial charge on any atom is 0.573 e. The second-order valence-corrected chi connectivity index (χ2v) is 6.67. The van der Waals surface area contributed by atoms with Crippen molar-refractivity contribution in [3.05, 3.63) is 58.8 Å². The average molecular weight is 471 g/mol. The van der Waals surface area contributed by atoms with Gasteiger partial charge in [0.25, 0.3) is 0 Å². The van der Waals surface area contributed by atoms with E-state index in [1.54, 1.807) is 12.1 Å². The summed E-state index contributed by atoms with van der Waals surface area (Å²) in [6, 6.07) is 11.2. The minimum absolute atomic E-state index is 0.285. The molecule has 10 heteroatoms. The Kier molecular flexibility index (Phi) is 6.21. The lowest BCUT2D eigenvalue weighted by atomic mass is 10.1. The summed E-state index contributed by atoms with van der Waals surface area (Å²) in [5.74, 6) is -0.0942. The second kappa shape index (κ2) is 8.64. The molecule has 3 rings (SSSR count). The second-order valence-electron chi connectivity index (χ2n) is 5.82. The van der Waals surface area contributed by atoms with Gasteiger partial charge in [0.1, 0.15) is 17.4 Å². The van der Waals surface area contributed by atoms with E-state index in [-0.39, 0.29) is 11.7 Å². The molecule has 0 radical (unpaired) electrons. The Labute approximate surface area is 172 Å². The molecule has 5 nitrogen and oxygen atoms in total. The fourth-order valence-corrected chi connectivity index (χ4v) is 2.93. The highest BCUT2D eigenvalue weighted by Crippen LogP contribution is 2.31. The zero-order chi connectivity index (χ0) is 21.0. The predicted molar refractivity (Wildman–Crippen MR) is 106 cm³/mol. The number of alkyl halides is 3. The van der Waals surface area contributed by atoms with Gasteiger partial charge in [-0.3, -0.25) is 0 Å². The van der Waals surface area contributed by atoms with Crippen LogP contribution < -0.4 is 15.4 Å². The van der Waals surface area contributed by atoms with Crippen LogP contribution in [-0.2, 0) is 0 Å². The molecule has 2 N–H and O–H groups in total. The summed E-state index contributed by atoms with van der Waals surface area (Å²) in [6.07, 6.45) is -4.79. The molecule has 0 atom stereocenters. The summed E-state index contributed by atoms with van der Waals surface area (Å²) < 4.78 is 55.3. The summed E-state index contributed by atoms with van der Waals surface area (Å²) in [7, 11) is 0. The minimum Gasteiger partial charge on any atom is -0.406 e. The number of rotatable bonds is 6. The third-order valence-electron chi connectivity index (χ3n) is 3.62. The molecule has 3 aromatic rings. The highest BCUT2D eigenvalue weighted by Gasteiger charge is 2.31. The first-order chi connectivity index (χ1) is 13.7. The Bertz CT molecular complexity index is 1010. The Morgan fingerprint density at radius 1 is 1.07 bits per heavy atom. The normalized spacial score (nSPS) is 11.2. The van der Waals surface area contributed by atoms with Gasteiger partial charge in [0.15, 0.2) is 0 Å². The number of halogens is 5. The Hall–Kier alpha value is -2.88. The molecular weight excluding hydrogens is 456 g/mol. The molecule has 0 aliphatic rings. The van der Waals surface area contributed by atoms with Crippen LogP contribution >= 0.6 is 15.9 Å². The van der Waals surface area contributed by atoms with Crippen LogP contribution in [0.1, 0.15) is 6.92 Å². The van der Waals surface area contributed by atoms with E-state index in [1.807, 2.05) is 6.92 Å². The topological polar surface area (TPSA) is 59.1 Å². The van der Waals surface area contributed by atoms with Crippen LogP contribution in [0, 0.1) is 5.82 Å². The fraction of sp³-hybridized carbons (Fsp3) is 0.158. The van der Waals surface area contributed by atoms with Gasteiger partial charge in [0, 0.05) is 22.6 Å². The SMILES string of the molecule is CCNc1nc(Nc2ccc(F)cc2Br)cc(-c2cccc(OC(F)(F)F)c2)n1. The van der Waals surface area contributed by atoms with Crippen molar-refractivity contribution in [1.29, 1.82) is 0 Å². The maximum absolute atomic E-state index is 13.3. The zero-order valence-electron chi connectivity index (χ0n) is 15.0. The maximum atomic E-state index is 13.3. The number of hydrogen-bond donors (Lipinski definition) is 2. The van der Waals surface area contributed by atoms with Crippen LogP contribution in [0.25, 0.3) is 11.3 Å². The Morgan fingerprint density at radius 3 is 2.55 bits per heavy atom. The summed E-state index contributed by atoms with van der Waals surface area (Å²) in [5, 5.41) is 6.02. The van der Waals surface area contributed by atoms with Crippen molar-refractivity contribution in [2.75, 3.05) is 17.2 Å². The molecule has 0 aliphatic carbocycles. The van der Waals surface area contributed by atoms with Gasteiger partial charge < -0.3 is 15.4 Å². The molecule has 1 aromatic heterocycles. The first-order valence-corrected chi connectivity index (χ1v) is 9.24. The molecule has 0 aliphatic heterocycles. The lowest BCUT2D eigenvalue weighted by molar-refractivity contribution is -0.274. The van der Waals surface area contributed by atoms with Crippen LogP contribution in [0.2, 0.25) is 0 Å². The van der Waals surface area contributed by atoms with Gasteiger partial charge >= 0.3 is 6.36 Å². The molecule has 1 heterocycles. The van der Waals surface area contributed by atoms with Crippen molar-refractivity contribution >= 4 is 33.4 Å². The van der Waals surface area contributed by atoms with Crippen molar-refractivity contribution in [3.8, 4) is 17.0 Å². The van der Waals surface area contributed by atoms with Crippen molar-refractivity contribution in [3.63, 3.8) is 0 Å². The zero-order valence-corrected chi connectivity index (χ0v) is 16.6. The Balaban J connectivity index is 1.98.